The van der Waals surface area contributed by atoms with Gasteiger partial charge in [0.05, 0.1) is 24.4 Å². The van der Waals surface area contributed by atoms with Crippen molar-refractivity contribution in [3.05, 3.63) is 36.3 Å². The van der Waals surface area contributed by atoms with E-state index in [2.05, 4.69) is 31.0 Å². The van der Waals surface area contributed by atoms with Crippen molar-refractivity contribution in [2.24, 2.45) is 24.8 Å². The molecule has 0 spiro atoms. The number of anilines is 3. The molecule has 2 heterocycles. The lowest BCUT2D eigenvalue weighted by Gasteiger charge is -2.29. The van der Waals surface area contributed by atoms with E-state index in [1.54, 1.807) is 13.2 Å². The van der Waals surface area contributed by atoms with E-state index in [1.807, 2.05) is 12.2 Å². The molecule has 2 aliphatic carbocycles. The average Bonchev–Trinajstić information content (AvgIpc) is 3.42. The molecule has 0 saturated heterocycles. The molecule has 1 fully saturated rings. The maximum absolute atomic E-state index is 13.6. The molecule has 9 nitrogen and oxygen atoms in total. The Morgan fingerprint density at radius 1 is 1.29 bits per heavy atom. The molecule has 166 valence electrons. The van der Waals surface area contributed by atoms with Gasteiger partial charge in [0.15, 0.2) is 0 Å². The number of hydrogen-bond donors (Lipinski definition) is 4. The summed E-state index contributed by atoms with van der Waals surface area (Å²) in [6, 6.07) is -0.559. The second-order valence-electron chi connectivity index (χ2n) is 7.64. The number of carbonyl (C=O) groups excluding carboxylic acids is 1. The van der Waals surface area contributed by atoms with Gasteiger partial charge in [-0.25, -0.2) is 4.98 Å². The molecule has 1 saturated carbocycles. The standard InChI is InChI=1S/C19H22F3N7O2/c1-29-9-12(7-25-29)26-18-24-8-13(19(20,21)22)16(28-18)27-15-11-3-2-10(6-11)14(15)17(31)23-4-5-30/h2-3,7-11,14-15,30H,4-6H2,1H3,(H,23,31)(H2,24,26,27,28)/t10-,11-,14-,15+/m0/s1. The first kappa shape index (κ1) is 21.1. The first-order chi connectivity index (χ1) is 14.8. The summed E-state index contributed by atoms with van der Waals surface area (Å²) in [6.07, 6.45) is 3.69. The van der Waals surface area contributed by atoms with Gasteiger partial charge in [0.2, 0.25) is 11.9 Å². The Morgan fingerprint density at radius 3 is 2.74 bits per heavy atom. The molecule has 0 aliphatic heterocycles. The molecule has 2 aromatic heterocycles. The van der Waals surface area contributed by atoms with Crippen LogP contribution in [0.1, 0.15) is 12.0 Å². The number of halogens is 3. The summed E-state index contributed by atoms with van der Waals surface area (Å²) in [6.45, 7) is -0.127. The molecule has 0 unspecified atom stereocenters. The van der Waals surface area contributed by atoms with Gasteiger partial charge in [0.1, 0.15) is 11.4 Å². The summed E-state index contributed by atoms with van der Waals surface area (Å²) in [5.41, 5.74) is -0.483. The lowest BCUT2D eigenvalue weighted by molar-refractivity contribution is -0.137. The zero-order chi connectivity index (χ0) is 22.2. The monoisotopic (exact) mass is 437 g/mol. The Balaban J connectivity index is 1.62. The molecule has 12 heteroatoms. The Morgan fingerprint density at radius 2 is 2.06 bits per heavy atom. The number of hydrogen-bond acceptors (Lipinski definition) is 7. The lowest BCUT2D eigenvalue weighted by Crippen LogP contribution is -2.44. The highest BCUT2D eigenvalue weighted by molar-refractivity contribution is 5.81. The molecule has 0 radical (unpaired) electrons. The normalized spacial score (nSPS) is 24.4. The van der Waals surface area contributed by atoms with Crippen LogP contribution in [0.3, 0.4) is 0 Å². The van der Waals surface area contributed by atoms with Gasteiger partial charge in [-0.3, -0.25) is 9.48 Å². The number of aromatic nitrogens is 4. The van der Waals surface area contributed by atoms with Gasteiger partial charge in [-0.2, -0.15) is 23.3 Å². The van der Waals surface area contributed by atoms with Gasteiger partial charge in [-0.15, -0.1) is 0 Å². The molecular formula is C19H22F3N7O2. The number of allylic oxidation sites excluding steroid dienone is 1. The minimum absolute atomic E-state index is 0.0246. The fourth-order valence-corrected chi connectivity index (χ4v) is 4.21. The number of nitrogens with zero attached hydrogens (tertiary/aromatic N) is 4. The van der Waals surface area contributed by atoms with Crippen LogP contribution in [0, 0.1) is 17.8 Å². The van der Waals surface area contributed by atoms with E-state index in [0.29, 0.717) is 12.1 Å². The number of aliphatic hydroxyl groups is 1. The predicted molar refractivity (Wildman–Crippen MR) is 105 cm³/mol. The maximum atomic E-state index is 13.6. The molecule has 2 aromatic rings. The SMILES string of the molecule is Cn1cc(Nc2ncc(C(F)(F)F)c(N[C@H]3[C@@H](C(=O)NCCO)[C@H]4C=C[C@H]3C4)n2)cn1. The van der Waals surface area contributed by atoms with E-state index < -0.39 is 23.7 Å². The van der Waals surface area contributed by atoms with E-state index in [1.165, 1.54) is 10.9 Å². The summed E-state index contributed by atoms with van der Waals surface area (Å²) < 4.78 is 42.4. The van der Waals surface area contributed by atoms with Gasteiger partial charge in [0, 0.05) is 32.0 Å². The van der Waals surface area contributed by atoms with Crippen LogP contribution in [0.15, 0.2) is 30.7 Å². The van der Waals surface area contributed by atoms with Crippen molar-refractivity contribution < 1.29 is 23.1 Å². The van der Waals surface area contributed by atoms with E-state index >= 15 is 0 Å². The van der Waals surface area contributed by atoms with Crippen LogP contribution in [0.2, 0.25) is 0 Å². The predicted octanol–water partition coefficient (Wildman–Crippen LogP) is 1.68. The summed E-state index contributed by atoms with van der Waals surface area (Å²) >= 11 is 0. The third-order valence-corrected chi connectivity index (χ3v) is 5.53. The molecule has 4 atom stereocenters. The second-order valence-corrected chi connectivity index (χ2v) is 7.64. The van der Waals surface area contributed by atoms with Crippen LogP contribution in [-0.2, 0) is 18.0 Å². The number of aliphatic hydroxyl groups excluding tert-OH is 1. The highest BCUT2D eigenvalue weighted by Gasteiger charge is 2.49. The zero-order valence-electron chi connectivity index (χ0n) is 16.6. The summed E-state index contributed by atoms with van der Waals surface area (Å²) in [5.74, 6) is -1.46. The van der Waals surface area contributed by atoms with Crippen molar-refractivity contribution >= 4 is 23.4 Å². The number of amides is 1. The van der Waals surface area contributed by atoms with Crippen molar-refractivity contribution in [1.82, 2.24) is 25.1 Å². The van der Waals surface area contributed by atoms with Crippen LogP contribution < -0.4 is 16.0 Å². The van der Waals surface area contributed by atoms with Crippen LogP contribution >= 0.6 is 0 Å². The highest BCUT2D eigenvalue weighted by Crippen LogP contribution is 2.46. The molecule has 2 aliphatic rings. The summed E-state index contributed by atoms with van der Waals surface area (Å²) in [5, 5.41) is 21.3. The lowest BCUT2D eigenvalue weighted by atomic mass is 9.88. The third-order valence-electron chi connectivity index (χ3n) is 5.53. The van der Waals surface area contributed by atoms with Crippen molar-refractivity contribution in [2.75, 3.05) is 23.8 Å². The Hall–Kier alpha value is -3.15. The fraction of sp³-hybridized carbons (Fsp3) is 0.474. The molecule has 2 bridgehead atoms. The van der Waals surface area contributed by atoms with E-state index in [9.17, 15) is 18.0 Å². The molecule has 4 rings (SSSR count). The van der Waals surface area contributed by atoms with Crippen molar-refractivity contribution in [1.29, 1.82) is 0 Å². The highest BCUT2D eigenvalue weighted by atomic mass is 19.4. The second kappa shape index (κ2) is 8.17. The molecule has 4 N–H and O–H groups in total. The van der Waals surface area contributed by atoms with Crippen molar-refractivity contribution in [3.8, 4) is 0 Å². The van der Waals surface area contributed by atoms with Gasteiger partial charge in [-0.1, -0.05) is 12.2 Å². The Labute approximate surface area is 175 Å². The number of aryl methyl sites for hydroxylation is 1. The third kappa shape index (κ3) is 4.33. The molecule has 31 heavy (non-hydrogen) atoms. The smallest absolute Gasteiger partial charge is 0.395 e. The van der Waals surface area contributed by atoms with Crippen LogP contribution in [0.4, 0.5) is 30.6 Å². The Bertz CT molecular complexity index is 991. The van der Waals surface area contributed by atoms with Crippen LogP contribution in [0.25, 0.3) is 0 Å². The fourth-order valence-electron chi connectivity index (χ4n) is 4.21. The minimum atomic E-state index is -4.67. The van der Waals surface area contributed by atoms with Crippen LogP contribution in [-0.4, -0.2) is 50.0 Å². The Kier molecular flexibility index (Phi) is 5.56. The quantitative estimate of drug-likeness (QED) is 0.487. The molecule has 0 aromatic carbocycles. The number of nitrogens with one attached hydrogen (secondary N) is 3. The van der Waals surface area contributed by atoms with Gasteiger partial charge >= 0.3 is 6.18 Å². The minimum Gasteiger partial charge on any atom is -0.395 e. The zero-order valence-corrected chi connectivity index (χ0v) is 16.6. The topological polar surface area (TPSA) is 117 Å². The summed E-state index contributed by atoms with van der Waals surface area (Å²) in [7, 11) is 1.70. The van der Waals surface area contributed by atoms with Crippen molar-refractivity contribution in [2.45, 2.75) is 18.6 Å². The number of carbonyl (C=O) groups is 1. The van der Waals surface area contributed by atoms with Crippen LogP contribution in [0.5, 0.6) is 0 Å². The average molecular weight is 437 g/mol. The number of fused-ring (bicyclic) bond motifs is 2. The molecular weight excluding hydrogens is 415 g/mol. The molecule has 1 amide bonds. The first-order valence-electron chi connectivity index (χ1n) is 9.79. The van der Waals surface area contributed by atoms with Gasteiger partial charge in [0.25, 0.3) is 0 Å². The summed E-state index contributed by atoms with van der Waals surface area (Å²) in [4.78, 5) is 20.5. The number of alkyl halides is 3. The van der Waals surface area contributed by atoms with E-state index in [0.717, 1.165) is 6.20 Å². The maximum Gasteiger partial charge on any atom is 0.421 e. The van der Waals surface area contributed by atoms with E-state index in [4.69, 9.17) is 5.11 Å². The first-order valence-corrected chi connectivity index (χ1v) is 9.79. The van der Waals surface area contributed by atoms with Crippen molar-refractivity contribution in [3.63, 3.8) is 0 Å². The number of rotatable bonds is 7. The van der Waals surface area contributed by atoms with E-state index in [-0.39, 0.29) is 42.7 Å². The van der Waals surface area contributed by atoms with Gasteiger partial charge in [-0.05, 0) is 18.3 Å². The van der Waals surface area contributed by atoms with Gasteiger partial charge < -0.3 is 21.1 Å². The largest absolute Gasteiger partial charge is 0.421 e.